The molecule has 0 aliphatic rings. The number of carbonyl (C=O) groups excluding carboxylic acids is 1. The van der Waals surface area contributed by atoms with Gasteiger partial charge in [-0.2, -0.15) is 13.2 Å². The molecular formula is C16H15F3N2O4S. The number of hydrogen-bond acceptors (Lipinski definition) is 4. The molecule has 0 aliphatic carbocycles. The van der Waals surface area contributed by atoms with Crippen LogP contribution in [0, 0.1) is 0 Å². The minimum absolute atomic E-state index is 0.00766. The van der Waals surface area contributed by atoms with Gasteiger partial charge in [-0.1, -0.05) is 0 Å². The molecule has 0 bridgehead atoms. The fourth-order valence-corrected chi connectivity index (χ4v) is 3.00. The summed E-state index contributed by atoms with van der Waals surface area (Å²) in [5.74, 6) is 0. The van der Waals surface area contributed by atoms with E-state index in [4.69, 9.17) is 4.74 Å². The number of anilines is 2. The third-order valence-corrected chi connectivity index (χ3v) is 4.55. The van der Waals surface area contributed by atoms with Crippen LogP contribution in [0.25, 0.3) is 0 Å². The molecule has 0 heterocycles. The minimum atomic E-state index is -4.50. The SMILES string of the molecule is CCOC(=O)Nc1ccc(S(=O)(=O)Nc2ccc(C(F)(F)F)cc2)cc1. The quantitative estimate of drug-likeness (QED) is 0.809. The lowest BCUT2D eigenvalue weighted by molar-refractivity contribution is -0.137. The van der Waals surface area contributed by atoms with E-state index in [-0.39, 0.29) is 17.2 Å². The molecule has 0 radical (unpaired) electrons. The standard InChI is InChI=1S/C16H15F3N2O4S/c1-2-25-15(22)20-12-7-9-14(10-8-12)26(23,24)21-13-5-3-11(4-6-13)16(17,18)19/h3-10,21H,2H2,1H3,(H,20,22). The summed E-state index contributed by atoms with van der Waals surface area (Å²) >= 11 is 0. The largest absolute Gasteiger partial charge is 0.450 e. The zero-order valence-electron chi connectivity index (χ0n) is 13.5. The predicted molar refractivity (Wildman–Crippen MR) is 89.3 cm³/mol. The van der Waals surface area contributed by atoms with Crippen molar-refractivity contribution in [1.82, 2.24) is 0 Å². The summed E-state index contributed by atoms with van der Waals surface area (Å²) in [6, 6.07) is 8.82. The molecule has 0 fully saturated rings. The van der Waals surface area contributed by atoms with Gasteiger partial charge in [-0.25, -0.2) is 13.2 Å². The van der Waals surface area contributed by atoms with Crippen LogP contribution in [0.1, 0.15) is 12.5 Å². The summed E-state index contributed by atoms with van der Waals surface area (Å²) in [7, 11) is -3.99. The van der Waals surface area contributed by atoms with E-state index in [2.05, 4.69) is 10.0 Å². The summed E-state index contributed by atoms with van der Waals surface area (Å²) in [4.78, 5) is 11.2. The summed E-state index contributed by atoms with van der Waals surface area (Å²) in [5.41, 5.74) is -0.557. The van der Waals surface area contributed by atoms with E-state index in [1.165, 1.54) is 24.3 Å². The molecule has 10 heteroatoms. The van der Waals surface area contributed by atoms with Crippen LogP contribution in [-0.4, -0.2) is 21.1 Å². The highest BCUT2D eigenvalue weighted by atomic mass is 32.2. The Morgan fingerprint density at radius 1 is 1.00 bits per heavy atom. The number of alkyl halides is 3. The second kappa shape index (κ2) is 7.65. The lowest BCUT2D eigenvalue weighted by Crippen LogP contribution is -2.15. The molecule has 0 saturated carbocycles. The maximum Gasteiger partial charge on any atom is 0.416 e. The monoisotopic (exact) mass is 388 g/mol. The summed E-state index contributed by atoms with van der Waals surface area (Å²) in [6.45, 7) is 1.83. The van der Waals surface area contributed by atoms with Gasteiger partial charge in [0.15, 0.2) is 0 Å². The number of nitrogens with one attached hydrogen (secondary N) is 2. The molecule has 1 amide bonds. The Kier molecular flexibility index (Phi) is 5.76. The van der Waals surface area contributed by atoms with Gasteiger partial charge in [-0.15, -0.1) is 0 Å². The molecule has 0 saturated heterocycles. The highest BCUT2D eigenvalue weighted by Crippen LogP contribution is 2.30. The molecule has 0 aliphatic heterocycles. The van der Waals surface area contributed by atoms with Crippen molar-refractivity contribution < 1.29 is 31.1 Å². The first-order valence-corrected chi connectivity index (χ1v) is 8.84. The van der Waals surface area contributed by atoms with E-state index in [0.29, 0.717) is 5.69 Å². The first kappa shape index (κ1) is 19.6. The van der Waals surface area contributed by atoms with Gasteiger partial charge in [0.1, 0.15) is 0 Å². The van der Waals surface area contributed by atoms with Crippen LogP contribution in [0.5, 0.6) is 0 Å². The van der Waals surface area contributed by atoms with Gasteiger partial charge in [0.25, 0.3) is 10.0 Å². The zero-order valence-corrected chi connectivity index (χ0v) is 14.3. The molecule has 2 aromatic rings. The fraction of sp³-hybridized carbons (Fsp3) is 0.188. The summed E-state index contributed by atoms with van der Waals surface area (Å²) < 4.78 is 69.0. The number of amides is 1. The molecule has 0 unspecified atom stereocenters. The van der Waals surface area contributed by atoms with Crippen LogP contribution in [0.3, 0.4) is 0 Å². The highest BCUT2D eigenvalue weighted by Gasteiger charge is 2.30. The third-order valence-electron chi connectivity index (χ3n) is 3.15. The molecule has 6 nitrogen and oxygen atoms in total. The van der Waals surface area contributed by atoms with E-state index in [1.54, 1.807) is 6.92 Å². The Bertz CT molecular complexity index is 864. The maximum absolute atomic E-state index is 12.5. The fourth-order valence-electron chi connectivity index (χ4n) is 1.94. The first-order valence-electron chi connectivity index (χ1n) is 7.36. The molecule has 2 aromatic carbocycles. The van der Waals surface area contributed by atoms with Crippen molar-refractivity contribution in [1.29, 1.82) is 0 Å². The Morgan fingerprint density at radius 2 is 1.54 bits per heavy atom. The number of benzene rings is 2. The lowest BCUT2D eigenvalue weighted by Gasteiger charge is -2.11. The van der Waals surface area contributed by atoms with Crippen LogP contribution in [0.2, 0.25) is 0 Å². The summed E-state index contributed by atoms with van der Waals surface area (Å²) in [6.07, 6.45) is -5.18. The van der Waals surface area contributed by atoms with Crippen molar-refractivity contribution in [2.75, 3.05) is 16.6 Å². The van der Waals surface area contributed by atoms with Crippen molar-refractivity contribution in [2.24, 2.45) is 0 Å². The number of sulfonamides is 1. The van der Waals surface area contributed by atoms with E-state index < -0.39 is 27.9 Å². The molecule has 2 rings (SSSR count). The van der Waals surface area contributed by atoms with Crippen molar-refractivity contribution in [3.63, 3.8) is 0 Å². The molecule has 26 heavy (non-hydrogen) atoms. The van der Waals surface area contributed by atoms with Crippen molar-refractivity contribution in [2.45, 2.75) is 18.0 Å². The second-order valence-corrected chi connectivity index (χ2v) is 6.73. The van der Waals surface area contributed by atoms with Crippen LogP contribution in [-0.2, 0) is 20.9 Å². The number of ether oxygens (including phenoxy) is 1. The van der Waals surface area contributed by atoms with Gasteiger partial charge in [0.2, 0.25) is 0 Å². The average Bonchev–Trinajstić information content (AvgIpc) is 2.55. The van der Waals surface area contributed by atoms with Crippen molar-refractivity contribution in [3.05, 3.63) is 54.1 Å². The summed E-state index contributed by atoms with van der Waals surface area (Å²) in [5, 5.41) is 2.41. The third kappa shape index (κ3) is 5.12. The van der Waals surface area contributed by atoms with E-state index in [1.807, 2.05) is 0 Å². The van der Waals surface area contributed by atoms with Gasteiger partial charge in [0.05, 0.1) is 17.1 Å². The molecule has 140 valence electrons. The zero-order chi connectivity index (χ0) is 19.4. The van der Waals surface area contributed by atoms with Crippen molar-refractivity contribution in [3.8, 4) is 0 Å². The average molecular weight is 388 g/mol. The lowest BCUT2D eigenvalue weighted by atomic mass is 10.2. The van der Waals surface area contributed by atoms with Gasteiger partial charge in [0, 0.05) is 11.4 Å². The van der Waals surface area contributed by atoms with Gasteiger partial charge < -0.3 is 4.74 Å². The van der Waals surface area contributed by atoms with Crippen LogP contribution in [0.4, 0.5) is 29.3 Å². The topological polar surface area (TPSA) is 84.5 Å². The second-order valence-electron chi connectivity index (χ2n) is 5.05. The van der Waals surface area contributed by atoms with E-state index >= 15 is 0 Å². The van der Waals surface area contributed by atoms with Gasteiger partial charge >= 0.3 is 12.3 Å². The normalized spacial score (nSPS) is 11.7. The van der Waals surface area contributed by atoms with Crippen molar-refractivity contribution >= 4 is 27.5 Å². The number of rotatable bonds is 5. The molecule has 0 spiro atoms. The smallest absolute Gasteiger partial charge is 0.416 e. The molecular weight excluding hydrogens is 373 g/mol. The molecule has 0 atom stereocenters. The van der Waals surface area contributed by atoms with Gasteiger partial charge in [-0.3, -0.25) is 10.0 Å². The number of halogens is 3. The predicted octanol–water partition coefficient (Wildman–Crippen LogP) is 4.07. The number of hydrogen-bond donors (Lipinski definition) is 2. The minimum Gasteiger partial charge on any atom is -0.450 e. The van der Waals surface area contributed by atoms with E-state index in [9.17, 15) is 26.4 Å². The van der Waals surface area contributed by atoms with Crippen LogP contribution >= 0.6 is 0 Å². The van der Waals surface area contributed by atoms with E-state index in [0.717, 1.165) is 24.3 Å². The number of carbonyl (C=O) groups is 1. The Labute approximate surface area is 148 Å². The molecule has 2 N–H and O–H groups in total. The highest BCUT2D eigenvalue weighted by molar-refractivity contribution is 7.92. The van der Waals surface area contributed by atoms with Gasteiger partial charge in [-0.05, 0) is 55.5 Å². The Hall–Kier alpha value is -2.75. The Morgan fingerprint density at radius 3 is 2.04 bits per heavy atom. The maximum atomic E-state index is 12.5. The van der Waals surface area contributed by atoms with Crippen LogP contribution in [0.15, 0.2) is 53.4 Å². The first-order chi connectivity index (χ1) is 12.1. The molecule has 0 aromatic heterocycles. The van der Waals surface area contributed by atoms with Crippen LogP contribution < -0.4 is 10.0 Å². The Balaban J connectivity index is 2.11.